The van der Waals surface area contributed by atoms with Gasteiger partial charge in [0.1, 0.15) is 10.2 Å². The van der Waals surface area contributed by atoms with Crippen LogP contribution in [0.25, 0.3) is 0 Å². The van der Waals surface area contributed by atoms with Crippen LogP contribution in [-0.4, -0.2) is 0 Å². The van der Waals surface area contributed by atoms with E-state index in [1.54, 1.807) is 12.1 Å². The molecule has 2 rings (SSSR count). The van der Waals surface area contributed by atoms with Crippen molar-refractivity contribution in [2.45, 2.75) is 26.2 Å². The topological polar surface area (TPSA) is 9.23 Å². The fourth-order valence-electron chi connectivity index (χ4n) is 2.44. The highest BCUT2D eigenvalue weighted by molar-refractivity contribution is 6.55. The third-order valence-corrected chi connectivity index (χ3v) is 4.01. The van der Waals surface area contributed by atoms with Gasteiger partial charge < -0.3 is 4.74 Å². The molecule has 0 aliphatic carbocycles. The fourth-order valence-corrected chi connectivity index (χ4v) is 2.58. The van der Waals surface area contributed by atoms with Crippen LogP contribution in [0, 0.1) is 11.7 Å². The third kappa shape index (κ3) is 7.33. The molecule has 0 aliphatic heterocycles. The van der Waals surface area contributed by atoms with Crippen molar-refractivity contribution in [3.05, 3.63) is 82.6 Å². The summed E-state index contributed by atoms with van der Waals surface area (Å²) in [6, 6.07) is 14.3. The first-order valence-electron chi connectivity index (χ1n) is 8.25. The number of benzene rings is 2. The molecular formula is C21H21Cl2FO. The SMILES string of the molecule is CC(C=CC=C(Cl)Cl)CCCc1ccc(F)c(Oc2ccccc2)c1. The summed E-state index contributed by atoms with van der Waals surface area (Å²) < 4.78 is 19.8. The lowest BCUT2D eigenvalue weighted by Gasteiger charge is -2.10. The molecule has 0 spiro atoms. The van der Waals surface area contributed by atoms with Crippen LogP contribution < -0.4 is 4.74 Å². The van der Waals surface area contributed by atoms with E-state index in [0.717, 1.165) is 24.8 Å². The number of para-hydroxylation sites is 1. The quantitative estimate of drug-likeness (QED) is 0.433. The maximum Gasteiger partial charge on any atom is 0.165 e. The first-order chi connectivity index (χ1) is 12.0. The van der Waals surface area contributed by atoms with E-state index < -0.39 is 0 Å². The molecule has 1 unspecified atom stereocenters. The molecule has 1 nitrogen and oxygen atoms in total. The van der Waals surface area contributed by atoms with Crippen LogP contribution in [0.5, 0.6) is 11.5 Å². The van der Waals surface area contributed by atoms with Gasteiger partial charge in [0.2, 0.25) is 0 Å². The second-order valence-corrected chi connectivity index (χ2v) is 6.90. The van der Waals surface area contributed by atoms with Gasteiger partial charge in [0.15, 0.2) is 11.6 Å². The number of ether oxygens (including phenoxy) is 1. The van der Waals surface area contributed by atoms with Crippen LogP contribution in [0.3, 0.4) is 0 Å². The molecule has 2 aromatic carbocycles. The number of aryl methyl sites for hydroxylation is 1. The molecule has 0 bridgehead atoms. The Bertz CT molecular complexity index is 722. The molecule has 1 atom stereocenters. The first-order valence-corrected chi connectivity index (χ1v) is 9.01. The Morgan fingerprint density at radius 1 is 1.16 bits per heavy atom. The molecule has 0 aliphatic rings. The van der Waals surface area contributed by atoms with E-state index >= 15 is 0 Å². The van der Waals surface area contributed by atoms with Crippen LogP contribution in [0.1, 0.15) is 25.3 Å². The van der Waals surface area contributed by atoms with Crippen molar-refractivity contribution < 1.29 is 9.13 Å². The summed E-state index contributed by atoms with van der Waals surface area (Å²) in [6.45, 7) is 2.14. The highest BCUT2D eigenvalue weighted by atomic mass is 35.5. The number of rotatable bonds is 8. The Hall–Kier alpha value is -1.77. The van der Waals surface area contributed by atoms with Crippen molar-refractivity contribution in [2.24, 2.45) is 5.92 Å². The Labute approximate surface area is 158 Å². The normalized spacial score (nSPS) is 12.2. The summed E-state index contributed by atoms with van der Waals surface area (Å²) in [6.07, 6.45) is 8.49. The van der Waals surface area contributed by atoms with E-state index in [1.165, 1.54) is 6.07 Å². The Kier molecular flexibility index (Phi) is 8.03. The highest BCUT2D eigenvalue weighted by Crippen LogP contribution is 2.26. The third-order valence-electron chi connectivity index (χ3n) is 3.75. The van der Waals surface area contributed by atoms with Crippen molar-refractivity contribution in [2.75, 3.05) is 0 Å². The van der Waals surface area contributed by atoms with E-state index in [9.17, 15) is 4.39 Å². The summed E-state index contributed by atoms with van der Waals surface area (Å²) in [4.78, 5) is 0. The highest BCUT2D eigenvalue weighted by Gasteiger charge is 2.07. The van der Waals surface area contributed by atoms with Gasteiger partial charge in [0.05, 0.1) is 0 Å². The minimum Gasteiger partial charge on any atom is -0.454 e. The van der Waals surface area contributed by atoms with Gasteiger partial charge in [0.25, 0.3) is 0 Å². The van der Waals surface area contributed by atoms with Gasteiger partial charge in [-0.2, -0.15) is 0 Å². The van der Waals surface area contributed by atoms with E-state index in [0.29, 0.717) is 11.7 Å². The van der Waals surface area contributed by atoms with Crippen molar-refractivity contribution in [3.8, 4) is 11.5 Å². The molecule has 0 amide bonds. The number of hydrogen-bond acceptors (Lipinski definition) is 1. The van der Waals surface area contributed by atoms with Crippen LogP contribution in [0.4, 0.5) is 4.39 Å². The molecule has 0 saturated carbocycles. The Balaban J connectivity index is 1.89. The molecule has 132 valence electrons. The van der Waals surface area contributed by atoms with Crippen LogP contribution >= 0.6 is 23.2 Å². The smallest absolute Gasteiger partial charge is 0.165 e. The van der Waals surface area contributed by atoms with E-state index in [2.05, 4.69) is 13.0 Å². The monoisotopic (exact) mass is 378 g/mol. The number of hydrogen-bond donors (Lipinski definition) is 0. The van der Waals surface area contributed by atoms with Gasteiger partial charge in [-0.3, -0.25) is 0 Å². The second-order valence-electron chi connectivity index (χ2n) is 5.89. The number of halogens is 3. The molecule has 0 heterocycles. The summed E-state index contributed by atoms with van der Waals surface area (Å²) in [5.74, 6) is 0.958. The van der Waals surface area contributed by atoms with Crippen molar-refractivity contribution >= 4 is 23.2 Å². The molecule has 0 radical (unpaired) electrons. The average molecular weight is 379 g/mol. The Morgan fingerprint density at radius 2 is 1.92 bits per heavy atom. The van der Waals surface area contributed by atoms with Gasteiger partial charge >= 0.3 is 0 Å². The lowest BCUT2D eigenvalue weighted by molar-refractivity contribution is 0.441. The molecule has 4 heteroatoms. The largest absolute Gasteiger partial charge is 0.454 e. The molecular weight excluding hydrogens is 358 g/mol. The molecule has 0 saturated heterocycles. The van der Waals surface area contributed by atoms with Gasteiger partial charge in [-0.25, -0.2) is 4.39 Å². The summed E-state index contributed by atoms with van der Waals surface area (Å²) >= 11 is 11.1. The van der Waals surface area contributed by atoms with Crippen molar-refractivity contribution in [1.82, 2.24) is 0 Å². The zero-order chi connectivity index (χ0) is 18.1. The zero-order valence-corrected chi connectivity index (χ0v) is 15.6. The van der Waals surface area contributed by atoms with Crippen molar-refractivity contribution in [1.29, 1.82) is 0 Å². The van der Waals surface area contributed by atoms with Crippen molar-refractivity contribution in [3.63, 3.8) is 0 Å². The van der Waals surface area contributed by atoms with Crippen LogP contribution in [-0.2, 0) is 6.42 Å². The van der Waals surface area contributed by atoms with Gasteiger partial charge in [-0.05, 0) is 61.1 Å². The lowest BCUT2D eigenvalue weighted by Crippen LogP contribution is -1.95. The lowest BCUT2D eigenvalue weighted by atomic mass is 10.0. The minimum atomic E-state index is -0.353. The maximum absolute atomic E-state index is 13.9. The van der Waals surface area contributed by atoms with Crippen LogP contribution in [0.2, 0.25) is 0 Å². The predicted molar refractivity (Wildman–Crippen MR) is 104 cm³/mol. The van der Waals surface area contributed by atoms with E-state index in [4.69, 9.17) is 27.9 Å². The summed E-state index contributed by atoms with van der Waals surface area (Å²) in [5, 5.41) is 0. The van der Waals surface area contributed by atoms with Gasteiger partial charge in [0, 0.05) is 0 Å². The molecule has 0 fully saturated rings. The second kappa shape index (κ2) is 10.3. The average Bonchev–Trinajstić information content (AvgIpc) is 2.58. The summed E-state index contributed by atoms with van der Waals surface area (Å²) in [5.41, 5.74) is 1.06. The van der Waals surface area contributed by atoms with Gasteiger partial charge in [-0.1, -0.05) is 66.5 Å². The van der Waals surface area contributed by atoms with E-state index in [1.807, 2.05) is 42.5 Å². The standard InChI is InChI=1S/C21H21Cl2FO/c1-16(8-6-12-21(22)23)7-5-9-17-13-14-19(24)20(15-17)25-18-10-3-2-4-11-18/h2-4,6,8,10-16H,5,7,9H2,1H3. The minimum absolute atomic E-state index is 0.251. The maximum atomic E-state index is 13.9. The van der Waals surface area contributed by atoms with E-state index in [-0.39, 0.29) is 16.1 Å². The van der Waals surface area contributed by atoms with Gasteiger partial charge in [-0.15, -0.1) is 0 Å². The van der Waals surface area contributed by atoms with Crippen LogP contribution in [0.15, 0.2) is 71.3 Å². The molecule has 0 N–H and O–H groups in total. The zero-order valence-electron chi connectivity index (χ0n) is 14.1. The first kappa shape index (κ1) is 19.6. The number of allylic oxidation sites excluding steroid dienone is 3. The molecule has 2 aromatic rings. The Morgan fingerprint density at radius 3 is 2.64 bits per heavy atom. The predicted octanol–water partition coefficient (Wildman–Crippen LogP) is 7.45. The summed E-state index contributed by atoms with van der Waals surface area (Å²) in [7, 11) is 0. The molecule has 0 aromatic heterocycles. The molecule has 25 heavy (non-hydrogen) atoms. The fraction of sp³-hybridized carbons (Fsp3) is 0.238.